The second-order valence-corrected chi connectivity index (χ2v) is 10.6. The fourth-order valence-electron chi connectivity index (χ4n) is 3.89. The molecule has 0 saturated carbocycles. The summed E-state index contributed by atoms with van der Waals surface area (Å²) in [6.45, 7) is 5.08. The van der Waals surface area contributed by atoms with Crippen LogP contribution in [0.3, 0.4) is 0 Å². The van der Waals surface area contributed by atoms with Crippen molar-refractivity contribution in [2.45, 2.75) is 24.6 Å². The molecule has 5 rings (SSSR count). The Hall–Kier alpha value is -2.36. The van der Waals surface area contributed by atoms with Gasteiger partial charge < -0.3 is 14.4 Å². The molecule has 0 N–H and O–H groups in total. The second kappa shape index (κ2) is 7.72. The van der Waals surface area contributed by atoms with Gasteiger partial charge in [-0.2, -0.15) is 4.36 Å². The largest absolute Gasteiger partial charge is 0.379 e. The SMILES string of the molecule is C[C@@H]1COCCN1c1cc(N=S(C)(=O)C2COC2)nc(-c2cncc3c2C=CC3)n1. The minimum Gasteiger partial charge on any atom is -0.379 e. The molecule has 30 heavy (non-hydrogen) atoms. The smallest absolute Gasteiger partial charge is 0.167 e. The summed E-state index contributed by atoms with van der Waals surface area (Å²) in [5, 5.41) is -0.0627. The van der Waals surface area contributed by atoms with E-state index in [0.717, 1.165) is 35.5 Å². The first-order chi connectivity index (χ1) is 14.5. The Morgan fingerprint density at radius 3 is 2.83 bits per heavy atom. The summed E-state index contributed by atoms with van der Waals surface area (Å²) < 4.78 is 28.5. The monoisotopic (exact) mass is 427 g/mol. The minimum atomic E-state index is -2.46. The van der Waals surface area contributed by atoms with E-state index in [1.165, 1.54) is 0 Å². The van der Waals surface area contributed by atoms with Gasteiger partial charge >= 0.3 is 0 Å². The van der Waals surface area contributed by atoms with Crippen LogP contribution >= 0.6 is 0 Å². The summed E-state index contributed by atoms with van der Waals surface area (Å²) in [5.41, 5.74) is 3.12. The van der Waals surface area contributed by atoms with Gasteiger partial charge in [0.1, 0.15) is 5.82 Å². The molecule has 2 fully saturated rings. The lowest BCUT2D eigenvalue weighted by atomic mass is 10.1. The van der Waals surface area contributed by atoms with E-state index >= 15 is 0 Å². The Kier molecular flexibility index (Phi) is 5.04. The maximum absolute atomic E-state index is 13.2. The molecule has 4 heterocycles. The molecule has 158 valence electrons. The van der Waals surface area contributed by atoms with E-state index in [1.807, 2.05) is 12.3 Å². The van der Waals surface area contributed by atoms with Crippen LogP contribution in [-0.4, -0.2) is 69.7 Å². The first kappa shape index (κ1) is 19.6. The van der Waals surface area contributed by atoms with Gasteiger partial charge in [-0.25, -0.2) is 14.2 Å². The Balaban J connectivity index is 1.64. The number of anilines is 1. The van der Waals surface area contributed by atoms with Crippen molar-refractivity contribution in [2.75, 3.05) is 44.1 Å². The highest BCUT2D eigenvalue weighted by Gasteiger charge is 2.28. The zero-order chi connectivity index (χ0) is 20.7. The summed E-state index contributed by atoms with van der Waals surface area (Å²) in [5.74, 6) is 1.77. The molecular weight excluding hydrogens is 402 g/mol. The number of rotatable bonds is 4. The van der Waals surface area contributed by atoms with Crippen LogP contribution in [0.5, 0.6) is 0 Å². The fraction of sp³-hybridized carbons (Fsp3) is 0.476. The molecule has 1 unspecified atom stereocenters. The van der Waals surface area contributed by atoms with Crippen molar-refractivity contribution in [1.82, 2.24) is 15.0 Å². The van der Waals surface area contributed by atoms with Crippen molar-refractivity contribution >= 4 is 27.4 Å². The van der Waals surface area contributed by atoms with Crippen LogP contribution in [0.4, 0.5) is 11.6 Å². The number of pyridine rings is 1. The van der Waals surface area contributed by atoms with Gasteiger partial charge in [0.05, 0.1) is 47.4 Å². The number of ether oxygens (including phenoxy) is 2. The number of nitrogens with zero attached hydrogens (tertiary/aromatic N) is 5. The van der Waals surface area contributed by atoms with E-state index in [2.05, 4.69) is 33.3 Å². The number of morpholine rings is 1. The van der Waals surface area contributed by atoms with Crippen LogP contribution in [0.15, 0.2) is 28.9 Å². The van der Waals surface area contributed by atoms with E-state index < -0.39 is 9.73 Å². The third-order valence-corrected chi connectivity index (χ3v) is 7.85. The van der Waals surface area contributed by atoms with Gasteiger partial charge in [-0.3, -0.25) is 4.98 Å². The third-order valence-electron chi connectivity index (χ3n) is 5.80. The highest BCUT2D eigenvalue weighted by Crippen LogP contribution is 2.32. The topological polar surface area (TPSA) is 89.8 Å². The third kappa shape index (κ3) is 3.61. The molecule has 2 aromatic rings. The van der Waals surface area contributed by atoms with Crippen molar-refractivity contribution in [3.63, 3.8) is 0 Å². The molecule has 8 nitrogen and oxygen atoms in total. The summed E-state index contributed by atoms with van der Waals surface area (Å²) in [6.07, 6.45) is 10.4. The Morgan fingerprint density at radius 1 is 1.20 bits per heavy atom. The molecule has 9 heteroatoms. The molecule has 2 aliphatic heterocycles. The van der Waals surface area contributed by atoms with Gasteiger partial charge in [0, 0.05) is 36.8 Å². The highest BCUT2D eigenvalue weighted by atomic mass is 32.2. The van der Waals surface area contributed by atoms with E-state index in [1.54, 1.807) is 12.5 Å². The fourth-order valence-corrected chi connectivity index (χ4v) is 5.20. The molecule has 0 aromatic carbocycles. The van der Waals surface area contributed by atoms with Crippen molar-refractivity contribution in [3.05, 3.63) is 35.7 Å². The van der Waals surface area contributed by atoms with Gasteiger partial charge in [-0.05, 0) is 24.5 Å². The molecular formula is C21H25N5O3S. The molecule has 3 aliphatic rings. The number of hydrogen-bond donors (Lipinski definition) is 0. The molecule has 2 aromatic heterocycles. The Morgan fingerprint density at radius 2 is 2.07 bits per heavy atom. The number of allylic oxidation sites excluding steroid dienone is 1. The molecule has 0 spiro atoms. The predicted octanol–water partition coefficient (Wildman–Crippen LogP) is 2.46. The molecule has 0 radical (unpaired) electrons. The maximum atomic E-state index is 13.2. The first-order valence-corrected chi connectivity index (χ1v) is 12.2. The average Bonchev–Trinajstić information content (AvgIpc) is 3.14. The van der Waals surface area contributed by atoms with Gasteiger partial charge in [0.15, 0.2) is 11.6 Å². The number of hydrogen-bond acceptors (Lipinski definition) is 8. The summed E-state index contributed by atoms with van der Waals surface area (Å²) in [4.78, 5) is 16.2. The standard InChI is InChI=1S/C21H25N5O3S/c1-14-11-28-7-6-26(14)20-8-19(25-30(2,27)16-12-29-13-16)23-21(24-20)18-10-22-9-15-4-3-5-17(15)18/h3,5,8-10,14,16H,4,6-7,11-13H2,1-2H3/t14-,30?/m1/s1. The first-order valence-electron chi connectivity index (χ1n) is 10.2. The maximum Gasteiger partial charge on any atom is 0.167 e. The number of fused-ring (bicyclic) bond motifs is 1. The van der Waals surface area contributed by atoms with Gasteiger partial charge in [-0.15, -0.1) is 0 Å². The van der Waals surface area contributed by atoms with Crippen molar-refractivity contribution < 1.29 is 13.7 Å². The van der Waals surface area contributed by atoms with Crippen molar-refractivity contribution in [3.8, 4) is 11.4 Å². The van der Waals surface area contributed by atoms with E-state index in [9.17, 15) is 4.21 Å². The van der Waals surface area contributed by atoms with Gasteiger partial charge in [0.2, 0.25) is 0 Å². The van der Waals surface area contributed by atoms with Crippen LogP contribution in [0.1, 0.15) is 18.1 Å². The summed E-state index contributed by atoms with van der Waals surface area (Å²) >= 11 is 0. The van der Waals surface area contributed by atoms with E-state index in [-0.39, 0.29) is 11.3 Å². The van der Waals surface area contributed by atoms with Crippen LogP contribution in [0, 0.1) is 0 Å². The quantitative estimate of drug-likeness (QED) is 0.740. The van der Waals surface area contributed by atoms with Crippen molar-refractivity contribution in [2.24, 2.45) is 4.36 Å². The minimum absolute atomic E-state index is 0.0627. The van der Waals surface area contributed by atoms with E-state index in [0.29, 0.717) is 38.1 Å². The lowest BCUT2D eigenvalue weighted by molar-refractivity contribution is 0.0431. The number of aromatic nitrogens is 3. The van der Waals surface area contributed by atoms with Crippen LogP contribution in [-0.2, 0) is 25.6 Å². The molecule has 0 bridgehead atoms. The summed E-state index contributed by atoms with van der Waals surface area (Å²) in [7, 11) is -2.46. The second-order valence-electron chi connectivity index (χ2n) is 8.00. The average molecular weight is 428 g/mol. The van der Waals surface area contributed by atoms with Crippen LogP contribution < -0.4 is 4.90 Å². The summed E-state index contributed by atoms with van der Waals surface area (Å²) in [6, 6.07) is 2.01. The Labute approximate surface area is 176 Å². The lowest BCUT2D eigenvalue weighted by Gasteiger charge is -2.34. The van der Waals surface area contributed by atoms with Gasteiger partial charge in [0.25, 0.3) is 0 Å². The van der Waals surface area contributed by atoms with E-state index in [4.69, 9.17) is 19.4 Å². The predicted molar refractivity (Wildman–Crippen MR) is 116 cm³/mol. The Bertz CT molecular complexity index is 1120. The van der Waals surface area contributed by atoms with Gasteiger partial charge in [-0.1, -0.05) is 12.2 Å². The lowest BCUT2D eigenvalue weighted by Crippen LogP contribution is -2.44. The van der Waals surface area contributed by atoms with Crippen molar-refractivity contribution in [1.29, 1.82) is 0 Å². The molecule has 1 aliphatic carbocycles. The van der Waals surface area contributed by atoms with Crippen LogP contribution in [0.2, 0.25) is 0 Å². The zero-order valence-corrected chi connectivity index (χ0v) is 18.0. The molecule has 2 saturated heterocycles. The van der Waals surface area contributed by atoms with Crippen LogP contribution in [0.25, 0.3) is 17.5 Å². The molecule has 2 atom stereocenters. The zero-order valence-electron chi connectivity index (χ0n) is 17.2. The molecule has 0 amide bonds. The normalized spacial score (nSPS) is 23.0. The highest BCUT2D eigenvalue weighted by molar-refractivity contribution is 7.93.